The number of carbonyl (C=O) groups is 2. The Balaban J connectivity index is 2.31. The largest absolute Gasteiger partial charge is 0.479 e. The molecule has 124 valence electrons. The Morgan fingerprint density at radius 3 is 2.74 bits per heavy atom. The molecule has 0 aliphatic rings. The fraction of sp³-hybridized carbons (Fsp3) is 0.333. The third kappa shape index (κ3) is 3.66. The van der Waals surface area contributed by atoms with E-state index in [1.54, 1.807) is 12.1 Å². The van der Waals surface area contributed by atoms with Crippen LogP contribution in [-0.2, 0) is 20.9 Å². The maximum atomic E-state index is 14.0. The van der Waals surface area contributed by atoms with Crippen LogP contribution >= 0.6 is 11.3 Å². The van der Waals surface area contributed by atoms with Gasteiger partial charge in [0.15, 0.2) is 6.10 Å². The zero-order valence-electron chi connectivity index (χ0n) is 12.6. The van der Waals surface area contributed by atoms with Crippen molar-refractivity contribution in [2.24, 2.45) is 0 Å². The molecule has 1 aromatic carbocycles. The summed E-state index contributed by atoms with van der Waals surface area (Å²) in [4.78, 5) is 23.5. The number of fused-ring (bicyclic) bond motifs is 1. The first-order valence-electron chi connectivity index (χ1n) is 6.72. The summed E-state index contributed by atoms with van der Waals surface area (Å²) in [5.74, 6) is -2.08. The van der Waals surface area contributed by atoms with E-state index in [4.69, 9.17) is 14.6 Å². The van der Waals surface area contributed by atoms with Gasteiger partial charge >= 0.3 is 5.97 Å². The highest BCUT2D eigenvalue weighted by molar-refractivity contribution is 7.21. The number of hydrogen-bond acceptors (Lipinski definition) is 5. The zero-order valence-corrected chi connectivity index (χ0v) is 13.4. The number of hydrogen-bond donors (Lipinski definition) is 2. The van der Waals surface area contributed by atoms with Gasteiger partial charge in [-0.2, -0.15) is 0 Å². The number of carbonyl (C=O) groups excluding carboxylic acids is 1. The molecule has 0 radical (unpaired) electrons. The van der Waals surface area contributed by atoms with Gasteiger partial charge in [-0.1, -0.05) is 6.07 Å². The van der Waals surface area contributed by atoms with Gasteiger partial charge in [-0.15, -0.1) is 11.3 Å². The van der Waals surface area contributed by atoms with Gasteiger partial charge in [-0.05, 0) is 12.1 Å². The van der Waals surface area contributed by atoms with Crippen LogP contribution in [0.2, 0.25) is 0 Å². The Hall–Kier alpha value is -2.03. The van der Waals surface area contributed by atoms with E-state index in [9.17, 15) is 14.0 Å². The summed E-state index contributed by atoms with van der Waals surface area (Å²) in [6, 6.07) is 4.60. The third-order valence-electron chi connectivity index (χ3n) is 3.27. The number of halogens is 1. The van der Waals surface area contributed by atoms with E-state index in [0.29, 0.717) is 20.5 Å². The molecule has 0 aliphatic heterocycles. The van der Waals surface area contributed by atoms with Crippen molar-refractivity contribution in [3.05, 3.63) is 34.5 Å². The lowest BCUT2D eigenvalue weighted by Crippen LogP contribution is -2.37. The number of nitrogens with one attached hydrogen (secondary N) is 1. The highest BCUT2D eigenvalue weighted by Gasteiger charge is 2.23. The van der Waals surface area contributed by atoms with Gasteiger partial charge in [0, 0.05) is 29.9 Å². The van der Waals surface area contributed by atoms with Crippen LogP contribution in [0.4, 0.5) is 4.39 Å². The van der Waals surface area contributed by atoms with E-state index in [1.807, 2.05) is 0 Å². The number of rotatable bonds is 7. The van der Waals surface area contributed by atoms with E-state index < -0.39 is 23.8 Å². The maximum absolute atomic E-state index is 14.0. The number of benzene rings is 1. The van der Waals surface area contributed by atoms with Crippen molar-refractivity contribution in [1.29, 1.82) is 0 Å². The average molecular weight is 341 g/mol. The maximum Gasteiger partial charge on any atom is 0.334 e. The van der Waals surface area contributed by atoms with Crippen molar-refractivity contribution in [1.82, 2.24) is 5.32 Å². The SMILES string of the molecule is COCc1c(C(=O)NCC(OC)C(=O)O)sc2cccc(F)c12. The van der Waals surface area contributed by atoms with Crippen molar-refractivity contribution in [2.75, 3.05) is 20.8 Å². The van der Waals surface area contributed by atoms with E-state index in [0.717, 1.165) is 11.3 Å². The van der Waals surface area contributed by atoms with Gasteiger partial charge in [-0.25, -0.2) is 9.18 Å². The summed E-state index contributed by atoms with van der Waals surface area (Å²) in [6.07, 6.45) is -1.14. The molecule has 0 bridgehead atoms. The van der Waals surface area contributed by atoms with Crippen molar-refractivity contribution in [3.8, 4) is 0 Å². The molecule has 0 saturated carbocycles. The molecular formula is C15H16FNO5S. The predicted octanol–water partition coefficient (Wildman–Crippen LogP) is 2.02. The third-order valence-corrected chi connectivity index (χ3v) is 4.46. The Bertz CT molecular complexity index is 730. The van der Waals surface area contributed by atoms with Crippen molar-refractivity contribution >= 4 is 33.3 Å². The standard InChI is InChI=1S/C15H16FNO5S/c1-21-7-8-12-9(16)4-3-5-11(12)23-13(8)14(18)17-6-10(22-2)15(19)20/h3-5,10H,6-7H2,1-2H3,(H,17,18)(H,19,20). The Kier molecular flexibility index (Phi) is 5.64. The van der Waals surface area contributed by atoms with Crippen molar-refractivity contribution in [2.45, 2.75) is 12.7 Å². The summed E-state index contributed by atoms with van der Waals surface area (Å²) in [6.45, 7) is -0.107. The Morgan fingerprint density at radius 1 is 1.39 bits per heavy atom. The zero-order chi connectivity index (χ0) is 17.0. The van der Waals surface area contributed by atoms with E-state index in [1.165, 1.54) is 20.3 Å². The second-order valence-corrected chi connectivity index (χ2v) is 5.78. The lowest BCUT2D eigenvalue weighted by atomic mass is 10.1. The molecule has 0 fully saturated rings. The first-order valence-corrected chi connectivity index (χ1v) is 7.53. The molecule has 2 N–H and O–H groups in total. The Morgan fingerprint density at radius 2 is 2.13 bits per heavy atom. The number of ether oxygens (including phenoxy) is 2. The monoisotopic (exact) mass is 341 g/mol. The second-order valence-electron chi connectivity index (χ2n) is 4.73. The van der Waals surface area contributed by atoms with Gasteiger partial charge in [0.2, 0.25) is 0 Å². The van der Waals surface area contributed by atoms with Crippen LogP contribution in [0.15, 0.2) is 18.2 Å². The van der Waals surface area contributed by atoms with Crippen LogP contribution in [0.5, 0.6) is 0 Å². The highest BCUT2D eigenvalue weighted by atomic mass is 32.1. The van der Waals surface area contributed by atoms with Crippen LogP contribution in [-0.4, -0.2) is 43.9 Å². The lowest BCUT2D eigenvalue weighted by molar-refractivity contribution is -0.148. The van der Waals surface area contributed by atoms with E-state index in [-0.39, 0.29) is 13.2 Å². The summed E-state index contributed by atoms with van der Waals surface area (Å²) >= 11 is 1.13. The van der Waals surface area contributed by atoms with Gasteiger partial charge in [0.05, 0.1) is 18.0 Å². The average Bonchev–Trinajstić information content (AvgIpc) is 2.88. The minimum Gasteiger partial charge on any atom is -0.479 e. The van der Waals surface area contributed by atoms with E-state index >= 15 is 0 Å². The molecule has 1 aromatic heterocycles. The second kappa shape index (κ2) is 7.49. The number of methoxy groups -OCH3 is 2. The first-order chi connectivity index (χ1) is 11.0. The molecule has 8 heteroatoms. The normalized spacial score (nSPS) is 12.3. The molecule has 0 saturated heterocycles. The summed E-state index contributed by atoms with van der Waals surface area (Å²) in [5, 5.41) is 11.8. The number of carboxylic acids is 1. The van der Waals surface area contributed by atoms with Gasteiger partial charge in [-0.3, -0.25) is 4.79 Å². The highest BCUT2D eigenvalue weighted by Crippen LogP contribution is 2.33. The number of amides is 1. The fourth-order valence-electron chi connectivity index (χ4n) is 2.17. The number of aliphatic carboxylic acids is 1. The molecule has 0 spiro atoms. The van der Waals surface area contributed by atoms with Crippen LogP contribution < -0.4 is 5.32 Å². The lowest BCUT2D eigenvalue weighted by Gasteiger charge is -2.11. The molecule has 1 atom stereocenters. The van der Waals surface area contributed by atoms with Gasteiger partial charge in [0.1, 0.15) is 5.82 Å². The van der Waals surface area contributed by atoms with Gasteiger partial charge < -0.3 is 19.9 Å². The van der Waals surface area contributed by atoms with Crippen LogP contribution in [0.3, 0.4) is 0 Å². The van der Waals surface area contributed by atoms with Crippen LogP contribution in [0.25, 0.3) is 10.1 Å². The molecule has 23 heavy (non-hydrogen) atoms. The molecule has 2 aromatic rings. The minimum atomic E-state index is -1.17. The Labute approximate surface area is 135 Å². The van der Waals surface area contributed by atoms with E-state index in [2.05, 4.69) is 5.32 Å². The first kappa shape index (κ1) is 17.3. The predicted molar refractivity (Wildman–Crippen MR) is 83.3 cm³/mol. The summed E-state index contributed by atoms with van der Waals surface area (Å²) < 4.78 is 24.5. The fourth-order valence-corrected chi connectivity index (χ4v) is 3.31. The van der Waals surface area contributed by atoms with Crippen LogP contribution in [0, 0.1) is 5.82 Å². The smallest absolute Gasteiger partial charge is 0.334 e. The molecule has 0 aliphatic carbocycles. The number of carboxylic acid groups (broad SMARTS) is 1. The topological polar surface area (TPSA) is 84.9 Å². The molecule has 6 nitrogen and oxygen atoms in total. The molecule has 1 amide bonds. The molecule has 2 rings (SSSR count). The summed E-state index contributed by atoms with van der Waals surface area (Å²) in [7, 11) is 2.70. The molecule has 1 heterocycles. The molecular weight excluding hydrogens is 325 g/mol. The quantitative estimate of drug-likeness (QED) is 0.805. The van der Waals surface area contributed by atoms with Crippen LogP contribution in [0.1, 0.15) is 15.2 Å². The van der Waals surface area contributed by atoms with Crippen molar-refractivity contribution < 1.29 is 28.6 Å². The van der Waals surface area contributed by atoms with Crippen molar-refractivity contribution in [3.63, 3.8) is 0 Å². The number of thiophene rings is 1. The van der Waals surface area contributed by atoms with Gasteiger partial charge in [0.25, 0.3) is 5.91 Å². The molecule has 1 unspecified atom stereocenters. The minimum absolute atomic E-state index is 0.0797. The summed E-state index contributed by atoms with van der Waals surface area (Å²) in [5.41, 5.74) is 0.451.